The van der Waals surface area contributed by atoms with E-state index >= 15 is 0 Å². The van der Waals surface area contributed by atoms with Crippen molar-refractivity contribution in [2.75, 3.05) is 7.11 Å². The number of hydrogen-bond donors (Lipinski definition) is 0. The fraction of sp³-hybridized carbons (Fsp3) is 0.263. The van der Waals surface area contributed by atoms with Gasteiger partial charge in [0.2, 0.25) is 5.90 Å². The zero-order chi connectivity index (χ0) is 15.8. The average molecular weight is 307 g/mol. The van der Waals surface area contributed by atoms with Gasteiger partial charge in [-0.05, 0) is 29.7 Å². The Bertz CT molecular complexity index is 769. The summed E-state index contributed by atoms with van der Waals surface area (Å²) in [4.78, 5) is 16.8. The molecule has 0 amide bonds. The number of fused-ring (bicyclic) bond motifs is 3. The van der Waals surface area contributed by atoms with E-state index in [4.69, 9.17) is 9.47 Å². The fourth-order valence-electron chi connectivity index (χ4n) is 3.46. The maximum absolute atomic E-state index is 12.3. The van der Waals surface area contributed by atoms with Gasteiger partial charge in [-0.15, -0.1) is 0 Å². The molecule has 4 nitrogen and oxygen atoms in total. The van der Waals surface area contributed by atoms with Crippen LogP contribution in [-0.4, -0.2) is 25.0 Å². The molecule has 2 aromatic carbocycles. The summed E-state index contributed by atoms with van der Waals surface area (Å²) in [5.41, 5.74) is 3.25. The number of esters is 1. The fourth-order valence-corrected chi connectivity index (χ4v) is 3.46. The number of benzene rings is 2. The van der Waals surface area contributed by atoms with Crippen LogP contribution in [0.5, 0.6) is 0 Å². The van der Waals surface area contributed by atoms with Crippen LogP contribution < -0.4 is 0 Å². The molecule has 116 valence electrons. The monoisotopic (exact) mass is 307 g/mol. The molecule has 4 heteroatoms. The third kappa shape index (κ3) is 2.31. The van der Waals surface area contributed by atoms with E-state index in [9.17, 15) is 4.79 Å². The topological polar surface area (TPSA) is 47.9 Å². The summed E-state index contributed by atoms with van der Waals surface area (Å²) in [6.45, 7) is 0. The van der Waals surface area contributed by atoms with Crippen molar-refractivity contribution in [1.82, 2.24) is 0 Å². The maximum atomic E-state index is 12.3. The molecule has 0 saturated heterocycles. The number of carbonyl (C=O) groups excluding carboxylic acids is 1. The van der Waals surface area contributed by atoms with Crippen molar-refractivity contribution in [2.24, 2.45) is 10.9 Å². The Balaban J connectivity index is 1.78. The van der Waals surface area contributed by atoms with Gasteiger partial charge in [-0.3, -0.25) is 0 Å². The molecule has 0 unspecified atom stereocenters. The Morgan fingerprint density at radius 1 is 1.13 bits per heavy atom. The summed E-state index contributed by atoms with van der Waals surface area (Å²) in [5, 5.41) is 0. The Hall–Kier alpha value is -2.62. The van der Waals surface area contributed by atoms with Crippen LogP contribution in [0, 0.1) is 5.92 Å². The van der Waals surface area contributed by atoms with E-state index in [0.717, 1.165) is 17.5 Å². The van der Waals surface area contributed by atoms with Crippen molar-refractivity contribution in [3.63, 3.8) is 0 Å². The van der Waals surface area contributed by atoms with Gasteiger partial charge >= 0.3 is 5.97 Å². The smallest absolute Gasteiger partial charge is 0.331 e. The number of aliphatic imine (C=N–C) groups is 1. The van der Waals surface area contributed by atoms with Gasteiger partial charge in [-0.1, -0.05) is 42.5 Å². The number of rotatable bonds is 2. The Kier molecular flexibility index (Phi) is 3.37. The summed E-state index contributed by atoms with van der Waals surface area (Å²) < 4.78 is 11.2. The highest BCUT2D eigenvalue weighted by Gasteiger charge is 2.46. The summed E-state index contributed by atoms with van der Waals surface area (Å²) >= 11 is 0. The second-order valence-electron chi connectivity index (χ2n) is 5.87. The third-order valence-corrected chi connectivity index (χ3v) is 4.57. The van der Waals surface area contributed by atoms with Gasteiger partial charge in [-0.25, -0.2) is 9.79 Å². The highest BCUT2D eigenvalue weighted by atomic mass is 16.5. The van der Waals surface area contributed by atoms with Crippen molar-refractivity contribution in [3.05, 3.63) is 71.3 Å². The molecular weight excluding hydrogens is 290 g/mol. The van der Waals surface area contributed by atoms with Crippen molar-refractivity contribution in [1.29, 1.82) is 0 Å². The molecular formula is C19H17NO3. The van der Waals surface area contributed by atoms with Gasteiger partial charge in [0.1, 0.15) is 6.10 Å². The van der Waals surface area contributed by atoms with E-state index in [1.54, 1.807) is 0 Å². The van der Waals surface area contributed by atoms with Crippen LogP contribution in [0.2, 0.25) is 0 Å². The quantitative estimate of drug-likeness (QED) is 0.802. The number of carbonyl (C=O) groups is 1. The van der Waals surface area contributed by atoms with E-state index in [1.165, 1.54) is 12.7 Å². The molecule has 23 heavy (non-hydrogen) atoms. The maximum Gasteiger partial charge on any atom is 0.331 e. The van der Waals surface area contributed by atoms with E-state index in [2.05, 4.69) is 17.1 Å². The van der Waals surface area contributed by atoms with Gasteiger partial charge in [-0.2, -0.15) is 0 Å². The minimum Gasteiger partial charge on any atom is -0.469 e. The van der Waals surface area contributed by atoms with Gasteiger partial charge in [0.15, 0.2) is 6.04 Å². The lowest BCUT2D eigenvalue weighted by Crippen LogP contribution is -2.38. The highest BCUT2D eigenvalue weighted by molar-refractivity contribution is 5.96. The molecule has 0 bridgehead atoms. The summed E-state index contributed by atoms with van der Waals surface area (Å²) in [6.07, 6.45) is 0.634. The first-order chi connectivity index (χ1) is 11.3. The second-order valence-corrected chi connectivity index (χ2v) is 5.87. The first-order valence-corrected chi connectivity index (χ1v) is 7.73. The highest BCUT2D eigenvalue weighted by Crippen LogP contribution is 2.44. The Labute approximate surface area is 134 Å². The lowest BCUT2D eigenvalue weighted by Gasteiger charge is -2.31. The number of hydrogen-bond acceptors (Lipinski definition) is 4. The van der Waals surface area contributed by atoms with Gasteiger partial charge < -0.3 is 9.47 Å². The summed E-state index contributed by atoms with van der Waals surface area (Å²) in [5.74, 6) is 0.204. The van der Waals surface area contributed by atoms with Crippen LogP contribution in [0.25, 0.3) is 0 Å². The third-order valence-electron chi connectivity index (χ3n) is 4.57. The average Bonchev–Trinajstić information content (AvgIpc) is 2.99. The molecule has 0 aromatic heterocycles. The van der Waals surface area contributed by atoms with Gasteiger partial charge in [0.25, 0.3) is 0 Å². The molecule has 0 fully saturated rings. The van der Waals surface area contributed by atoms with Crippen molar-refractivity contribution in [3.8, 4) is 0 Å². The molecule has 0 N–H and O–H groups in total. The van der Waals surface area contributed by atoms with Crippen molar-refractivity contribution >= 4 is 11.9 Å². The SMILES string of the molecule is COC(=O)[C@@H]1N=C(c2ccccc2)O[C@@H]2c3ccccc3C[C@@H]21. The summed E-state index contributed by atoms with van der Waals surface area (Å²) in [6, 6.07) is 17.3. The number of methoxy groups -OCH3 is 1. The Morgan fingerprint density at radius 2 is 1.87 bits per heavy atom. The van der Waals surface area contributed by atoms with Crippen LogP contribution in [0.15, 0.2) is 59.6 Å². The zero-order valence-electron chi connectivity index (χ0n) is 12.8. The molecule has 2 aromatic rings. The van der Waals surface area contributed by atoms with E-state index in [0.29, 0.717) is 5.90 Å². The number of ether oxygens (including phenoxy) is 2. The predicted molar refractivity (Wildman–Crippen MR) is 86.2 cm³/mol. The van der Waals surface area contributed by atoms with Gasteiger partial charge in [0.05, 0.1) is 7.11 Å². The van der Waals surface area contributed by atoms with Crippen molar-refractivity contribution < 1.29 is 14.3 Å². The van der Waals surface area contributed by atoms with Crippen LogP contribution in [0.3, 0.4) is 0 Å². The minimum absolute atomic E-state index is 0.00712. The van der Waals surface area contributed by atoms with Crippen LogP contribution in [0.1, 0.15) is 22.8 Å². The molecule has 2 aliphatic rings. The lowest BCUT2D eigenvalue weighted by molar-refractivity contribution is -0.145. The predicted octanol–water partition coefficient (Wildman–Crippen LogP) is 2.92. The molecule has 4 rings (SSSR count). The molecule has 0 spiro atoms. The zero-order valence-corrected chi connectivity index (χ0v) is 12.8. The standard InChI is InChI=1S/C19H17NO3/c1-22-19(21)16-15-11-13-9-5-6-10-14(13)17(15)23-18(20-16)12-7-3-2-4-8-12/h2-10,15-17H,11H2,1H3/t15-,16-,17-/m1/s1. The van der Waals surface area contributed by atoms with Crippen LogP contribution >= 0.6 is 0 Å². The molecule has 1 aliphatic heterocycles. The molecule has 0 saturated carbocycles. The largest absolute Gasteiger partial charge is 0.469 e. The van der Waals surface area contributed by atoms with Crippen molar-refractivity contribution in [2.45, 2.75) is 18.6 Å². The molecule has 3 atom stereocenters. The first-order valence-electron chi connectivity index (χ1n) is 7.73. The minimum atomic E-state index is -0.527. The first kappa shape index (κ1) is 14.0. The molecule has 1 heterocycles. The molecule has 1 aliphatic carbocycles. The Morgan fingerprint density at radius 3 is 2.65 bits per heavy atom. The van der Waals surface area contributed by atoms with Crippen LogP contribution in [0.4, 0.5) is 0 Å². The van der Waals surface area contributed by atoms with E-state index in [-0.39, 0.29) is 18.0 Å². The van der Waals surface area contributed by atoms with Gasteiger partial charge in [0, 0.05) is 11.5 Å². The van der Waals surface area contributed by atoms with Crippen LogP contribution in [-0.2, 0) is 20.7 Å². The lowest BCUT2D eigenvalue weighted by atomic mass is 9.93. The van der Waals surface area contributed by atoms with E-state index < -0.39 is 6.04 Å². The second kappa shape index (κ2) is 5.54. The van der Waals surface area contributed by atoms with E-state index in [1.807, 2.05) is 42.5 Å². The molecule has 0 radical (unpaired) electrons. The summed E-state index contributed by atoms with van der Waals surface area (Å²) in [7, 11) is 1.41. The number of nitrogens with zero attached hydrogens (tertiary/aromatic N) is 1. The normalized spacial score (nSPS) is 24.9.